The molecule has 3 rings (SSSR count). The van der Waals surface area contributed by atoms with E-state index in [4.69, 9.17) is 16.1 Å². The second kappa shape index (κ2) is 5.99. The highest BCUT2D eigenvalue weighted by molar-refractivity contribution is 6.33. The van der Waals surface area contributed by atoms with Gasteiger partial charge in [0.25, 0.3) is 5.89 Å². The number of amides is 1. The first-order chi connectivity index (χ1) is 10.6. The van der Waals surface area contributed by atoms with Crippen LogP contribution in [0.3, 0.4) is 0 Å². The predicted octanol–water partition coefficient (Wildman–Crippen LogP) is 4.02. The van der Waals surface area contributed by atoms with Crippen LogP contribution in [0, 0.1) is 0 Å². The zero-order valence-electron chi connectivity index (χ0n) is 11.7. The van der Waals surface area contributed by atoms with Gasteiger partial charge in [-0.2, -0.15) is 4.98 Å². The van der Waals surface area contributed by atoms with Crippen molar-refractivity contribution in [3.8, 4) is 22.8 Å². The summed E-state index contributed by atoms with van der Waals surface area (Å²) < 4.78 is 5.29. The Kier molecular flexibility index (Phi) is 3.89. The van der Waals surface area contributed by atoms with E-state index in [1.807, 2.05) is 24.3 Å². The highest BCUT2D eigenvalue weighted by Crippen LogP contribution is 2.28. The lowest BCUT2D eigenvalue weighted by Crippen LogP contribution is -2.05. The Morgan fingerprint density at radius 3 is 2.77 bits per heavy atom. The summed E-state index contributed by atoms with van der Waals surface area (Å²) in [6, 6.07) is 14.5. The molecule has 0 radical (unpaired) electrons. The standard InChI is InChI=1S/C16H12ClN3O2/c1-10(21)18-12-6-4-5-11(9-12)16-19-15(20-22-16)13-7-2-3-8-14(13)17/h2-9H,1H3,(H,18,21). The van der Waals surface area contributed by atoms with Crippen LogP contribution in [-0.2, 0) is 4.79 Å². The fourth-order valence-corrected chi connectivity index (χ4v) is 2.25. The molecule has 5 nitrogen and oxygen atoms in total. The van der Waals surface area contributed by atoms with Gasteiger partial charge in [0, 0.05) is 23.7 Å². The third-order valence-electron chi connectivity index (χ3n) is 2.97. The van der Waals surface area contributed by atoms with Gasteiger partial charge in [0.2, 0.25) is 11.7 Å². The van der Waals surface area contributed by atoms with Gasteiger partial charge in [0.1, 0.15) is 0 Å². The van der Waals surface area contributed by atoms with E-state index in [1.165, 1.54) is 6.92 Å². The number of carbonyl (C=O) groups is 1. The van der Waals surface area contributed by atoms with Crippen LogP contribution in [0.4, 0.5) is 5.69 Å². The second-order valence-corrected chi connectivity index (χ2v) is 5.07. The summed E-state index contributed by atoms with van der Waals surface area (Å²) >= 11 is 6.13. The average Bonchev–Trinajstić information content (AvgIpc) is 2.97. The molecule has 0 aliphatic heterocycles. The van der Waals surface area contributed by atoms with E-state index in [2.05, 4.69) is 15.5 Å². The minimum atomic E-state index is -0.139. The average molecular weight is 314 g/mol. The van der Waals surface area contributed by atoms with E-state index < -0.39 is 0 Å². The maximum absolute atomic E-state index is 11.1. The van der Waals surface area contributed by atoms with Crippen LogP contribution in [0.2, 0.25) is 5.02 Å². The zero-order valence-corrected chi connectivity index (χ0v) is 12.5. The van der Waals surface area contributed by atoms with E-state index >= 15 is 0 Å². The molecule has 3 aromatic rings. The van der Waals surface area contributed by atoms with Crippen molar-refractivity contribution in [2.75, 3.05) is 5.32 Å². The molecule has 110 valence electrons. The van der Waals surface area contributed by atoms with Crippen molar-refractivity contribution in [1.82, 2.24) is 10.1 Å². The minimum Gasteiger partial charge on any atom is -0.334 e. The summed E-state index contributed by atoms with van der Waals surface area (Å²) in [5, 5.41) is 7.23. The Labute approximate surface area is 131 Å². The molecule has 6 heteroatoms. The van der Waals surface area contributed by atoms with E-state index in [1.54, 1.807) is 24.3 Å². The molecule has 0 spiro atoms. The summed E-state index contributed by atoms with van der Waals surface area (Å²) in [7, 11) is 0. The number of benzene rings is 2. The fourth-order valence-electron chi connectivity index (χ4n) is 2.03. The Balaban J connectivity index is 1.94. The van der Waals surface area contributed by atoms with Gasteiger partial charge < -0.3 is 9.84 Å². The molecule has 1 aromatic heterocycles. The molecule has 22 heavy (non-hydrogen) atoms. The monoisotopic (exact) mass is 313 g/mol. The van der Waals surface area contributed by atoms with Crippen LogP contribution in [0.15, 0.2) is 53.1 Å². The molecule has 0 bridgehead atoms. The first kappa shape index (κ1) is 14.3. The van der Waals surface area contributed by atoms with Crippen LogP contribution in [0.1, 0.15) is 6.92 Å². The molecule has 0 fully saturated rings. The van der Waals surface area contributed by atoms with Crippen LogP contribution in [0.5, 0.6) is 0 Å². The van der Waals surface area contributed by atoms with Gasteiger partial charge in [0.05, 0.1) is 5.02 Å². The molecule has 1 N–H and O–H groups in total. The molecular formula is C16H12ClN3O2. The van der Waals surface area contributed by atoms with Crippen LogP contribution >= 0.6 is 11.6 Å². The Morgan fingerprint density at radius 2 is 2.00 bits per heavy atom. The second-order valence-electron chi connectivity index (χ2n) is 4.66. The Bertz CT molecular complexity index is 830. The molecule has 1 amide bonds. The van der Waals surface area contributed by atoms with Gasteiger partial charge in [0.15, 0.2) is 0 Å². The SMILES string of the molecule is CC(=O)Nc1cccc(-c2nc(-c3ccccc3Cl)no2)c1. The maximum atomic E-state index is 11.1. The minimum absolute atomic E-state index is 0.139. The maximum Gasteiger partial charge on any atom is 0.258 e. The molecule has 0 aliphatic rings. The zero-order chi connectivity index (χ0) is 15.5. The van der Waals surface area contributed by atoms with Gasteiger partial charge >= 0.3 is 0 Å². The topological polar surface area (TPSA) is 68.0 Å². The molecule has 2 aromatic carbocycles. The van der Waals surface area contributed by atoms with Gasteiger partial charge in [-0.3, -0.25) is 4.79 Å². The smallest absolute Gasteiger partial charge is 0.258 e. The number of hydrogen-bond donors (Lipinski definition) is 1. The quantitative estimate of drug-likeness (QED) is 0.793. The van der Waals surface area contributed by atoms with Gasteiger partial charge in [-0.15, -0.1) is 0 Å². The van der Waals surface area contributed by atoms with E-state index in [-0.39, 0.29) is 5.91 Å². The number of aromatic nitrogens is 2. The van der Waals surface area contributed by atoms with Crippen LogP contribution in [-0.4, -0.2) is 16.0 Å². The molecule has 0 saturated heterocycles. The van der Waals surface area contributed by atoms with Crippen molar-refractivity contribution >= 4 is 23.2 Å². The highest BCUT2D eigenvalue weighted by Gasteiger charge is 2.13. The third kappa shape index (κ3) is 2.99. The highest BCUT2D eigenvalue weighted by atomic mass is 35.5. The van der Waals surface area contributed by atoms with Crippen LogP contribution in [0.25, 0.3) is 22.8 Å². The number of anilines is 1. The molecular weight excluding hydrogens is 302 g/mol. The van der Waals surface area contributed by atoms with Gasteiger partial charge in [-0.05, 0) is 30.3 Å². The molecule has 0 unspecified atom stereocenters. The molecule has 1 heterocycles. The van der Waals surface area contributed by atoms with E-state index in [0.29, 0.717) is 28.0 Å². The van der Waals surface area contributed by atoms with Crippen molar-refractivity contribution in [1.29, 1.82) is 0 Å². The number of nitrogens with one attached hydrogen (secondary N) is 1. The summed E-state index contributed by atoms with van der Waals surface area (Å²) in [6.07, 6.45) is 0. The number of hydrogen-bond acceptors (Lipinski definition) is 4. The number of nitrogens with zero attached hydrogens (tertiary/aromatic N) is 2. The van der Waals surface area contributed by atoms with Crippen molar-refractivity contribution in [3.05, 3.63) is 53.6 Å². The van der Waals surface area contributed by atoms with Crippen molar-refractivity contribution < 1.29 is 9.32 Å². The van der Waals surface area contributed by atoms with Crippen LogP contribution < -0.4 is 5.32 Å². The predicted molar refractivity (Wildman–Crippen MR) is 84.5 cm³/mol. The van der Waals surface area contributed by atoms with E-state index in [0.717, 1.165) is 5.56 Å². The number of halogens is 1. The normalized spacial score (nSPS) is 10.5. The molecule has 0 saturated carbocycles. The molecule has 0 atom stereocenters. The van der Waals surface area contributed by atoms with Gasteiger partial charge in [-0.1, -0.05) is 35.0 Å². The first-order valence-electron chi connectivity index (χ1n) is 6.60. The van der Waals surface area contributed by atoms with E-state index in [9.17, 15) is 4.79 Å². The molecule has 0 aliphatic carbocycles. The summed E-state index contributed by atoms with van der Waals surface area (Å²) in [5.41, 5.74) is 2.09. The first-order valence-corrected chi connectivity index (χ1v) is 6.98. The summed E-state index contributed by atoms with van der Waals surface area (Å²) in [4.78, 5) is 15.5. The van der Waals surface area contributed by atoms with Crippen molar-refractivity contribution in [2.45, 2.75) is 6.92 Å². The fraction of sp³-hybridized carbons (Fsp3) is 0.0625. The number of rotatable bonds is 3. The number of carbonyl (C=O) groups excluding carboxylic acids is 1. The largest absolute Gasteiger partial charge is 0.334 e. The van der Waals surface area contributed by atoms with Crippen molar-refractivity contribution in [3.63, 3.8) is 0 Å². The Morgan fingerprint density at radius 1 is 1.18 bits per heavy atom. The van der Waals surface area contributed by atoms with Gasteiger partial charge in [-0.25, -0.2) is 0 Å². The Hall–Kier alpha value is -2.66. The lowest BCUT2D eigenvalue weighted by Gasteiger charge is -2.02. The summed E-state index contributed by atoms with van der Waals surface area (Å²) in [6.45, 7) is 1.45. The lowest BCUT2D eigenvalue weighted by molar-refractivity contribution is -0.114. The van der Waals surface area contributed by atoms with Crippen molar-refractivity contribution in [2.24, 2.45) is 0 Å². The summed E-state index contributed by atoms with van der Waals surface area (Å²) in [5.74, 6) is 0.645. The lowest BCUT2D eigenvalue weighted by atomic mass is 10.2. The third-order valence-corrected chi connectivity index (χ3v) is 3.30.